The van der Waals surface area contributed by atoms with Crippen LogP contribution < -0.4 is 11.1 Å². The van der Waals surface area contributed by atoms with E-state index in [2.05, 4.69) is 25.9 Å². The van der Waals surface area contributed by atoms with E-state index >= 15 is 0 Å². The van der Waals surface area contributed by atoms with Crippen LogP contribution in [0.1, 0.15) is 16.8 Å². The van der Waals surface area contributed by atoms with Crippen LogP contribution in [0.15, 0.2) is 27.8 Å². The van der Waals surface area contributed by atoms with Crippen molar-refractivity contribution in [1.29, 1.82) is 0 Å². The van der Waals surface area contributed by atoms with Crippen LogP contribution in [-0.4, -0.2) is 29.9 Å². The van der Waals surface area contributed by atoms with Crippen LogP contribution in [-0.2, 0) is 9.84 Å². The Morgan fingerprint density at radius 1 is 1.14 bits per heavy atom. The standard InChI is InChI=1S/C13H13BrN2O4S/c14-11(8-3-4-21(19,20)6-8)7-1-2-9-10(5-7)16-13(18)12(17)15-9/h1-2,5,8,11H,3-4,6H2,(H,15,17)(H,16,18). The fourth-order valence-corrected chi connectivity index (χ4v) is 5.45. The minimum atomic E-state index is -2.94. The van der Waals surface area contributed by atoms with Crippen LogP contribution in [0.3, 0.4) is 0 Å². The number of halogens is 1. The van der Waals surface area contributed by atoms with Gasteiger partial charge in [-0.05, 0) is 30.0 Å². The Labute approximate surface area is 128 Å². The molecule has 1 aromatic carbocycles. The summed E-state index contributed by atoms with van der Waals surface area (Å²) in [5.74, 6) is 0.405. The van der Waals surface area contributed by atoms with E-state index in [4.69, 9.17) is 0 Å². The number of alkyl halides is 1. The molecular weight excluding hydrogens is 360 g/mol. The summed E-state index contributed by atoms with van der Waals surface area (Å²) in [5.41, 5.74) is 0.568. The highest BCUT2D eigenvalue weighted by atomic mass is 79.9. The third-order valence-electron chi connectivity index (χ3n) is 3.75. The van der Waals surface area contributed by atoms with Crippen LogP contribution in [0.25, 0.3) is 11.0 Å². The number of benzene rings is 1. The molecule has 2 aromatic rings. The average molecular weight is 373 g/mol. The zero-order valence-corrected chi connectivity index (χ0v) is 13.3. The maximum Gasteiger partial charge on any atom is 0.314 e. The van der Waals surface area contributed by atoms with Gasteiger partial charge in [0.1, 0.15) is 0 Å². The minimum Gasteiger partial charge on any atom is -0.316 e. The first-order valence-electron chi connectivity index (χ1n) is 6.46. The third kappa shape index (κ3) is 2.82. The fourth-order valence-electron chi connectivity index (χ4n) is 2.63. The Kier molecular flexibility index (Phi) is 3.53. The molecule has 0 bridgehead atoms. The van der Waals surface area contributed by atoms with Crippen LogP contribution in [0, 0.1) is 5.92 Å². The highest BCUT2D eigenvalue weighted by Gasteiger charge is 2.33. The molecule has 0 aliphatic carbocycles. The van der Waals surface area contributed by atoms with E-state index in [1.54, 1.807) is 12.1 Å². The van der Waals surface area contributed by atoms with Gasteiger partial charge in [-0.25, -0.2) is 8.42 Å². The van der Waals surface area contributed by atoms with Gasteiger partial charge in [0, 0.05) is 4.83 Å². The van der Waals surface area contributed by atoms with Gasteiger partial charge >= 0.3 is 11.1 Å². The molecule has 8 heteroatoms. The molecule has 112 valence electrons. The lowest BCUT2D eigenvalue weighted by Crippen LogP contribution is -2.28. The predicted octanol–water partition coefficient (Wildman–Crippen LogP) is 1.09. The summed E-state index contributed by atoms with van der Waals surface area (Å²) in [7, 11) is -2.94. The first-order chi connectivity index (χ1) is 9.85. The normalized spacial score (nSPS) is 22.4. The number of hydrogen-bond acceptors (Lipinski definition) is 4. The van der Waals surface area contributed by atoms with Gasteiger partial charge < -0.3 is 9.97 Å². The molecule has 0 saturated carbocycles. The smallest absolute Gasteiger partial charge is 0.314 e. The van der Waals surface area contributed by atoms with Crippen LogP contribution in [0.4, 0.5) is 0 Å². The molecule has 0 radical (unpaired) electrons. The molecule has 2 unspecified atom stereocenters. The molecule has 1 saturated heterocycles. The predicted molar refractivity (Wildman–Crippen MR) is 83.6 cm³/mol. The molecule has 0 spiro atoms. The first kappa shape index (κ1) is 14.5. The van der Waals surface area contributed by atoms with Gasteiger partial charge in [0.2, 0.25) is 0 Å². The van der Waals surface area contributed by atoms with E-state index in [0.29, 0.717) is 17.5 Å². The molecule has 0 amide bonds. The fraction of sp³-hybridized carbons (Fsp3) is 0.385. The number of fused-ring (bicyclic) bond motifs is 1. The summed E-state index contributed by atoms with van der Waals surface area (Å²) in [6.07, 6.45) is 0.623. The van der Waals surface area contributed by atoms with Crippen LogP contribution in [0.5, 0.6) is 0 Å². The summed E-state index contributed by atoms with van der Waals surface area (Å²) < 4.78 is 23.1. The molecule has 3 rings (SSSR count). The van der Waals surface area contributed by atoms with E-state index in [1.807, 2.05) is 6.07 Å². The largest absolute Gasteiger partial charge is 0.316 e. The summed E-state index contributed by atoms with van der Waals surface area (Å²) >= 11 is 3.55. The molecule has 1 fully saturated rings. The molecule has 1 aliphatic heterocycles. The minimum absolute atomic E-state index is 0.0157. The lowest BCUT2D eigenvalue weighted by Gasteiger charge is -2.16. The van der Waals surface area contributed by atoms with Crippen molar-refractivity contribution in [1.82, 2.24) is 9.97 Å². The molecule has 1 aromatic heterocycles. The summed E-state index contributed by atoms with van der Waals surface area (Å²) in [6, 6.07) is 5.29. The number of nitrogens with one attached hydrogen (secondary N) is 2. The summed E-state index contributed by atoms with van der Waals surface area (Å²) in [4.78, 5) is 27.5. The topological polar surface area (TPSA) is 99.9 Å². The van der Waals surface area contributed by atoms with E-state index in [-0.39, 0.29) is 22.3 Å². The van der Waals surface area contributed by atoms with Crippen molar-refractivity contribution in [2.75, 3.05) is 11.5 Å². The Bertz CT molecular complexity index is 916. The Morgan fingerprint density at radius 2 is 1.81 bits per heavy atom. The second-order valence-corrected chi connectivity index (χ2v) is 8.49. The van der Waals surface area contributed by atoms with E-state index in [0.717, 1.165) is 5.56 Å². The highest BCUT2D eigenvalue weighted by molar-refractivity contribution is 9.09. The zero-order valence-electron chi connectivity index (χ0n) is 10.9. The van der Waals surface area contributed by atoms with Gasteiger partial charge in [0.15, 0.2) is 9.84 Å². The van der Waals surface area contributed by atoms with Gasteiger partial charge in [-0.3, -0.25) is 9.59 Å². The van der Waals surface area contributed by atoms with E-state index in [1.165, 1.54) is 0 Å². The Morgan fingerprint density at radius 3 is 2.43 bits per heavy atom. The summed E-state index contributed by atoms with van der Waals surface area (Å²) in [5, 5.41) is 0. The van der Waals surface area contributed by atoms with Crippen molar-refractivity contribution < 1.29 is 8.42 Å². The number of sulfone groups is 1. The second-order valence-electron chi connectivity index (χ2n) is 5.28. The molecular formula is C13H13BrN2O4S. The second kappa shape index (κ2) is 5.10. The first-order valence-corrected chi connectivity index (χ1v) is 9.20. The number of hydrogen-bond donors (Lipinski definition) is 2. The molecule has 2 N–H and O–H groups in total. The number of aromatic amines is 2. The Balaban J connectivity index is 1.99. The molecule has 1 aliphatic rings. The number of aromatic nitrogens is 2. The SMILES string of the molecule is O=c1[nH]c2ccc(C(Br)C3CCS(=O)(=O)C3)cc2[nH]c1=O. The maximum atomic E-state index is 11.6. The molecule has 21 heavy (non-hydrogen) atoms. The Hall–Kier alpha value is -1.41. The summed E-state index contributed by atoms with van der Waals surface area (Å²) in [6.45, 7) is 0. The van der Waals surface area contributed by atoms with Crippen molar-refractivity contribution in [3.8, 4) is 0 Å². The monoisotopic (exact) mass is 372 g/mol. The number of H-pyrrole nitrogens is 2. The quantitative estimate of drug-likeness (QED) is 0.608. The van der Waals surface area contributed by atoms with Crippen LogP contribution in [0.2, 0.25) is 0 Å². The zero-order chi connectivity index (χ0) is 15.2. The molecule has 6 nitrogen and oxygen atoms in total. The van der Waals surface area contributed by atoms with Gasteiger partial charge in [0.05, 0.1) is 22.5 Å². The van der Waals surface area contributed by atoms with Gasteiger partial charge in [-0.15, -0.1) is 0 Å². The van der Waals surface area contributed by atoms with E-state index < -0.39 is 21.0 Å². The van der Waals surface area contributed by atoms with Gasteiger partial charge in [0.25, 0.3) is 0 Å². The van der Waals surface area contributed by atoms with Crippen LogP contribution >= 0.6 is 15.9 Å². The average Bonchev–Trinajstić information content (AvgIpc) is 2.79. The maximum absolute atomic E-state index is 11.6. The number of rotatable bonds is 2. The van der Waals surface area contributed by atoms with E-state index in [9.17, 15) is 18.0 Å². The van der Waals surface area contributed by atoms with Crippen molar-refractivity contribution in [2.45, 2.75) is 11.2 Å². The molecule has 2 heterocycles. The van der Waals surface area contributed by atoms with Gasteiger partial charge in [-0.2, -0.15) is 0 Å². The van der Waals surface area contributed by atoms with Crippen molar-refractivity contribution in [2.24, 2.45) is 5.92 Å². The van der Waals surface area contributed by atoms with Crippen molar-refractivity contribution in [3.63, 3.8) is 0 Å². The van der Waals surface area contributed by atoms with Gasteiger partial charge in [-0.1, -0.05) is 22.0 Å². The van der Waals surface area contributed by atoms with Crippen molar-refractivity contribution >= 4 is 36.8 Å². The lowest BCUT2D eigenvalue weighted by molar-refractivity contribution is 0.580. The molecule has 2 atom stereocenters. The third-order valence-corrected chi connectivity index (χ3v) is 6.82. The van der Waals surface area contributed by atoms with Crippen molar-refractivity contribution in [3.05, 3.63) is 44.5 Å². The lowest BCUT2D eigenvalue weighted by atomic mass is 9.98. The highest BCUT2D eigenvalue weighted by Crippen LogP contribution is 2.38.